The van der Waals surface area contributed by atoms with Gasteiger partial charge in [-0.3, -0.25) is 9.36 Å². The molecule has 0 amide bonds. The molecule has 1 aromatic heterocycles. The van der Waals surface area contributed by atoms with Gasteiger partial charge in [0.2, 0.25) is 0 Å². The van der Waals surface area contributed by atoms with Crippen LogP contribution in [-0.4, -0.2) is 23.2 Å². The summed E-state index contributed by atoms with van der Waals surface area (Å²) in [4.78, 5) is 32.0. The standard InChI is InChI=1S/C27H22BrClN2O4S/c1-5-12-34-21-11-8-19(28)13-18(21)14-22-25(32)31-24(17-6-9-20(29)10-7-17)23(26(33)35-15(2)3)16(4)30-27(31)36-22/h1,6-11,13-15,24H,12H2,2-4H3. The lowest BCUT2D eigenvalue weighted by molar-refractivity contribution is -0.143. The zero-order valence-corrected chi connectivity index (χ0v) is 22.9. The number of nitrogens with zero attached hydrogens (tertiary/aromatic N) is 2. The topological polar surface area (TPSA) is 69.9 Å². The molecule has 9 heteroatoms. The van der Waals surface area contributed by atoms with Crippen molar-refractivity contribution in [2.24, 2.45) is 4.99 Å². The zero-order chi connectivity index (χ0) is 26.0. The van der Waals surface area contributed by atoms with E-state index < -0.39 is 12.0 Å². The lowest BCUT2D eigenvalue weighted by atomic mass is 9.96. The number of thiazole rings is 1. The van der Waals surface area contributed by atoms with Gasteiger partial charge in [0.15, 0.2) is 4.80 Å². The number of hydrogen-bond donors (Lipinski definition) is 0. The van der Waals surface area contributed by atoms with Crippen LogP contribution in [-0.2, 0) is 9.53 Å². The number of carbonyl (C=O) groups is 1. The zero-order valence-electron chi connectivity index (χ0n) is 19.7. The molecule has 0 fully saturated rings. The Kier molecular flexibility index (Phi) is 7.84. The van der Waals surface area contributed by atoms with Gasteiger partial charge in [0.25, 0.3) is 5.56 Å². The van der Waals surface area contributed by atoms with Gasteiger partial charge in [-0.15, -0.1) is 6.42 Å². The van der Waals surface area contributed by atoms with E-state index >= 15 is 0 Å². The number of aromatic nitrogens is 1. The third kappa shape index (κ3) is 5.34. The fourth-order valence-corrected chi connectivity index (χ4v) is 5.39. The van der Waals surface area contributed by atoms with Gasteiger partial charge in [0.1, 0.15) is 12.4 Å². The van der Waals surface area contributed by atoms with Crippen molar-refractivity contribution in [1.29, 1.82) is 0 Å². The minimum atomic E-state index is -0.716. The molecule has 6 nitrogen and oxygen atoms in total. The van der Waals surface area contributed by atoms with E-state index in [1.54, 1.807) is 57.2 Å². The highest BCUT2D eigenvalue weighted by atomic mass is 79.9. The molecule has 0 spiro atoms. The summed E-state index contributed by atoms with van der Waals surface area (Å²) in [6.07, 6.45) is 6.76. The first-order valence-electron chi connectivity index (χ1n) is 11.0. The third-order valence-electron chi connectivity index (χ3n) is 5.34. The Morgan fingerprint density at radius 1 is 1.31 bits per heavy atom. The molecule has 0 aliphatic carbocycles. The second kappa shape index (κ2) is 10.9. The maximum atomic E-state index is 13.8. The summed E-state index contributed by atoms with van der Waals surface area (Å²) in [7, 11) is 0. The van der Waals surface area contributed by atoms with E-state index in [2.05, 4.69) is 26.8 Å². The molecule has 0 bridgehead atoms. The first kappa shape index (κ1) is 26.0. The number of terminal acetylenes is 1. The second-order valence-corrected chi connectivity index (χ2v) is 10.6. The average Bonchev–Trinajstić information content (AvgIpc) is 3.12. The van der Waals surface area contributed by atoms with E-state index in [1.165, 1.54) is 15.9 Å². The molecule has 3 aromatic rings. The van der Waals surface area contributed by atoms with Crippen LogP contribution in [0.4, 0.5) is 0 Å². The Labute approximate surface area is 225 Å². The van der Waals surface area contributed by atoms with Crippen molar-refractivity contribution in [3.8, 4) is 18.1 Å². The molecule has 36 heavy (non-hydrogen) atoms. The number of halogens is 2. The molecule has 1 unspecified atom stereocenters. The molecule has 2 heterocycles. The molecular weight excluding hydrogens is 564 g/mol. The summed E-state index contributed by atoms with van der Waals surface area (Å²) in [5, 5.41) is 0.548. The van der Waals surface area contributed by atoms with Crippen LogP contribution < -0.4 is 19.6 Å². The van der Waals surface area contributed by atoms with Crippen LogP contribution in [0.25, 0.3) is 6.08 Å². The molecule has 1 aliphatic rings. The van der Waals surface area contributed by atoms with Gasteiger partial charge in [-0.25, -0.2) is 9.79 Å². The minimum absolute atomic E-state index is 0.0980. The van der Waals surface area contributed by atoms with Gasteiger partial charge in [-0.2, -0.15) is 0 Å². The van der Waals surface area contributed by atoms with Crippen molar-refractivity contribution in [3.05, 3.63) is 94.0 Å². The van der Waals surface area contributed by atoms with Gasteiger partial charge in [0, 0.05) is 15.1 Å². The smallest absolute Gasteiger partial charge is 0.338 e. The van der Waals surface area contributed by atoms with Gasteiger partial charge >= 0.3 is 5.97 Å². The van der Waals surface area contributed by atoms with E-state index in [4.69, 9.17) is 27.5 Å². The summed E-state index contributed by atoms with van der Waals surface area (Å²) in [5.41, 5.74) is 1.92. The van der Waals surface area contributed by atoms with Crippen LogP contribution in [0, 0.1) is 12.3 Å². The Balaban J connectivity index is 1.94. The van der Waals surface area contributed by atoms with Crippen molar-refractivity contribution < 1.29 is 14.3 Å². The molecule has 184 valence electrons. The van der Waals surface area contributed by atoms with Crippen LogP contribution >= 0.6 is 38.9 Å². The molecule has 0 N–H and O–H groups in total. The number of rotatable bonds is 6. The van der Waals surface area contributed by atoms with Crippen molar-refractivity contribution >= 4 is 50.9 Å². The maximum Gasteiger partial charge on any atom is 0.338 e. The van der Waals surface area contributed by atoms with E-state index in [-0.39, 0.29) is 18.3 Å². The van der Waals surface area contributed by atoms with E-state index in [1.807, 2.05) is 12.1 Å². The molecule has 0 saturated heterocycles. The first-order chi connectivity index (χ1) is 17.2. The van der Waals surface area contributed by atoms with Crippen molar-refractivity contribution in [2.75, 3.05) is 6.61 Å². The molecular formula is C27H22BrClN2O4S. The minimum Gasteiger partial charge on any atom is -0.480 e. The first-order valence-corrected chi connectivity index (χ1v) is 13.0. The van der Waals surface area contributed by atoms with Crippen molar-refractivity contribution in [1.82, 2.24) is 4.57 Å². The quantitative estimate of drug-likeness (QED) is 0.313. The SMILES string of the molecule is C#CCOc1ccc(Br)cc1C=c1sc2n(c1=O)C(c1ccc(Cl)cc1)C(C(=O)OC(C)C)=C(C)N=2. The average molecular weight is 586 g/mol. The van der Waals surface area contributed by atoms with Gasteiger partial charge in [-0.05, 0) is 62.7 Å². The van der Waals surface area contributed by atoms with Crippen LogP contribution in [0.2, 0.25) is 5.02 Å². The summed E-state index contributed by atoms with van der Waals surface area (Å²) in [6.45, 7) is 5.40. The Morgan fingerprint density at radius 3 is 2.69 bits per heavy atom. The summed E-state index contributed by atoms with van der Waals surface area (Å²) < 4.78 is 14.0. The number of benzene rings is 2. The Bertz CT molecular complexity index is 1580. The number of allylic oxidation sites excluding steroid dienone is 1. The van der Waals surface area contributed by atoms with Crippen molar-refractivity contribution in [2.45, 2.75) is 32.9 Å². The highest BCUT2D eigenvalue weighted by Gasteiger charge is 2.33. The number of esters is 1. The maximum absolute atomic E-state index is 13.8. The monoisotopic (exact) mass is 584 g/mol. The Morgan fingerprint density at radius 2 is 2.03 bits per heavy atom. The fourth-order valence-electron chi connectivity index (χ4n) is 3.84. The molecule has 0 radical (unpaired) electrons. The van der Waals surface area contributed by atoms with E-state index in [0.29, 0.717) is 36.9 Å². The lowest BCUT2D eigenvalue weighted by Crippen LogP contribution is -2.40. The van der Waals surface area contributed by atoms with Crippen molar-refractivity contribution in [3.63, 3.8) is 0 Å². The molecule has 4 rings (SSSR count). The highest BCUT2D eigenvalue weighted by molar-refractivity contribution is 9.10. The van der Waals surface area contributed by atoms with Gasteiger partial charge < -0.3 is 9.47 Å². The number of ether oxygens (including phenoxy) is 2. The molecule has 1 atom stereocenters. The van der Waals surface area contributed by atoms with Crippen LogP contribution in [0.15, 0.2) is 68.0 Å². The molecule has 2 aromatic carbocycles. The fraction of sp³-hybridized carbons (Fsp3) is 0.222. The second-order valence-electron chi connectivity index (χ2n) is 8.26. The molecule has 1 aliphatic heterocycles. The summed E-state index contributed by atoms with van der Waals surface area (Å²) in [6, 6.07) is 11.8. The van der Waals surface area contributed by atoms with E-state index in [0.717, 1.165) is 10.0 Å². The van der Waals surface area contributed by atoms with Crippen LogP contribution in [0.3, 0.4) is 0 Å². The molecule has 0 saturated carbocycles. The highest BCUT2D eigenvalue weighted by Crippen LogP contribution is 2.31. The largest absolute Gasteiger partial charge is 0.480 e. The third-order valence-corrected chi connectivity index (χ3v) is 7.07. The van der Waals surface area contributed by atoms with Crippen LogP contribution in [0.5, 0.6) is 5.75 Å². The Hall–Kier alpha value is -3.12. The van der Waals surface area contributed by atoms with Gasteiger partial charge in [0.05, 0.1) is 27.9 Å². The number of carbonyl (C=O) groups excluding carboxylic acids is 1. The summed E-state index contributed by atoms with van der Waals surface area (Å²) >= 11 is 10.8. The van der Waals surface area contributed by atoms with Gasteiger partial charge in [-0.1, -0.05) is 56.9 Å². The predicted molar refractivity (Wildman–Crippen MR) is 145 cm³/mol. The predicted octanol–water partition coefficient (Wildman–Crippen LogP) is 4.61. The number of hydrogen-bond acceptors (Lipinski definition) is 6. The lowest BCUT2D eigenvalue weighted by Gasteiger charge is -2.25. The number of fused-ring (bicyclic) bond motifs is 1. The van der Waals surface area contributed by atoms with Crippen LogP contribution in [0.1, 0.15) is 37.9 Å². The normalized spacial score (nSPS) is 15.4. The van der Waals surface area contributed by atoms with E-state index in [9.17, 15) is 9.59 Å². The summed E-state index contributed by atoms with van der Waals surface area (Å²) in [5.74, 6) is 2.48.